The summed E-state index contributed by atoms with van der Waals surface area (Å²) in [6, 6.07) is 3.66. The Labute approximate surface area is 116 Å². The summed E-state index contributed by atoms with van der Waals surface area (Å²) in [7, 11) is 0. The molecular weight excluding hydrogens is 260 g/mol. The Kier molecular flexibility index (Phi) is 4.65. The predicted octanol–water partition coefficient (Wildman–Crippen LogP) is 1.30. The quantitative estimate of drug-likeness (QED) is 0.740. The minimum atomic E-state index is -0.469. The number of rotatable bonds is 6. The molecule has 7 nitrogen and oxygen atoms in total. The zero-order valence-electron chi connectivity index (χ0n) is 11.4. The van der Waals surface area contributed by atoms with Crippen molar-refractivity contribution in [2.75, 3.05) is 13.2 Å². The average molecular weight is 276 g/mol. The van der Waals surface area contributed by atoms with Crippen LogP contribution in [-0.2, 0) is 11.3 Å². The predicted molar refractivity (Wildman–Crippen MR) is 70.5 cm³/mol. The minimum absolute atomic E-state index is 0.200. The fourth-order valence-electron chi connectivity index (χ4n) is 1.61. The van der Waals surface area contributed by atoms with Crippen LogP contribution in [0.3, 0.4) is 0 Å². The Morgan fingerprint density at radius 1 is 1.35 bits per heavy atom. The highest BCUT2D eigenvalue weighted by atomic mass is 16.5. The SMILES string of the molecule is CCOC(=O)c1cnn(Cc2ccnc(OCC)c2)n1. The fourth-order valence-corrected chi connectivity index (χ4v) is 1.61. The van der Waals surface area contributed by atoms with Gasteiger partial charge >= 0.3 is 5.97 Å². The van der Waals surface area contributed by atoms with Crippen molar-refractivity contribution >= 4 is 5.97 Å². The van der Waals surface area contributed by atoms with E-state index in [2.05, 4.69) is 15.2 Å². The lowest BCUT2D eigenvalue weighted by Crippen LogP contribution is -2.08. The number of ether oxygens (including phenoxy) is 2. The molecule has 0 unspecified atom stereocenters. The Morgan fingerprint density at radius 2 is 2.20 bits per heavy atom. The summed E-state index contributed by atoms with van der Waals surface area (Å²) in [4.78, 5) is 17.0. The highest BCUT2D eigenvalue weighted by Gasteiger charge is 2.11. The Balaban J connectivity index is 2.06. The normalized spacial score (nSPS) is 10.3. The van der Waals surface area contributed by atoms with Crippen molar-refractivity contribution in [1.82, 2.24) is 20.0 Å². The molecule has 106 valence electrons. The van der Waals surface area contributed by atoms with Gasteiger partial charge in [-0.2, -0.15) is 9.90 Å². The van der Waals surface area contributed by atoms with E-state index in [0.29, 0.717) is 25.6 Å². The molecule has 0 aliphatic heterocycles. The van der Waals surface area contributed by atoms with Gasteiger partial charge in [0.15, 0.2) is 5.69 Å². The van der Waals surface area contributed by atoms with Gasteiger partial charge in [-0.3, -0.25) is 0 Å². The van der Waals surface area contributed by atoms with Crippen molar-refractivity contribution in [1.29, 1.82) is 0 Å². The first kappa shape index (κ1) is 14.0. The molecule has 0 saturated carbocycles. The number of hydrogen-bond acceptors (Lipinski definition) is 6. The molecule has 2 heterocycles. The summed E-state index contributed by atoms with van der Waals surface area (Å²) in [6.07, 6.45) is 3.05. The van der Waals surface area contributed by atoms with Crippen LogP contribution >= 0.6 is 0 Å². The molecule has 0 amide bonds. The summed E-state index contributed by atoms with van der Waals surface area (Å²) in [5.74, 6) is 0.0891. The first-order chi connectivity index (χ1) is 9.72. The van der Waals surface area contributed by atoms with E-state index in [-0.39, 0.29) is 5.69 Å². The lowest BCUT2D eigenvalue weighted by Gasteiger charge is -2.04. The molecule has 2 rings (SSSR count). The van der Waals surface area contributed by atoms with Gasteiger partial charge in [0.05, 0.1) is 26.0 Å². The summed E-state index contributed by atoms with van der Waals surface area (Å²) < 4.78 is 10.2. The van der Waals surface area contributed by atoms with Crippen LogP contribution < -0.4 is 4.74 Å². The van der Waals surface area contributed by atoms with E-state index < -0.39 is 5.97 Å². The summed E-state index contributed by atoms with van der Waals surface area (Å²) in [5.41, 5.74) is 1.14. The van der Waals surface area contributed by atoms with Crippen LogP contribution in [0.15, 0.2) is 24.5 Å². The third-order valence-electron chi connectivity index (χ3n) is 2.44. The number of carbonyl (C=O) groups is 1. The molecule has 7 heteroatoms. The van der Waals surface area contributed by atoms with Crippen molar-refractivity contribution in [3.8, 4) is 5.88 Å². The van der Waals surface area contributed by atoms with Gasteiger partial charge in [-0.05, 0) is 25.5 Å². The molecule has 0 spiro atoms. The molecule has 0 aliphatic rings. The lowest BCUT2D eigenvalue weighted by atomic mass is 10.3. The van der Waals surface area contributed by atoms with Crippen molar-refractivity contribution in [3.63, 3.8) is 0 Å². The second-order valence-corrected chi connectivity index (χ2v) is 3.92. The molecule has 0 aromatic carbocycles. The van der Waals surface area contributed by atoms with Gasteiger partial charge in [-0.25, -0.2) is 9.78 Å². The van der Waals surface area contributed by atoms with Crippen LogP contribution in [0.4, 0.5) is 0 Å². The lowest BCUT2D eigenvalue weighted by molar-refractivity contribution is 0.0518. The van der Waals surface area contributed by atoms with Crippen LogP contribution in [0.1, 0.15) is 29.9 Å². The van der Waals surface area contributed by atoms with Gasteiger partial charge < -0.3 is 9.47 Å². The summed E-state index contributed by atoms with van der Waals surface area (Å²) in [5, 5.41) is 8.10. The highest BCUT2D eigenvalue weighted by molar-refractivity contribution is 5.86. The molecule has 0 bridgehead atoms. The Hall–Kier alpha value is -2.44. The van der Waals surface area contributed by atoms with Crippen LogP contribution in [0.25, 0.3) is 0 Å². The Bertz CT molecular complexity index is 583. The van der Waals surface area contributed by atoms with Crippen LogP contribution in [0.5, 0.6) is 5.88 Å². The van der Waals surface area contributed by atoms with Crippen LogP contribution in [0.2, 0.25) is 0 Å². The number of hydrogen-bond donors (Lipinski definition) is 0. The minimum Gasteiger partial charge on any atom is -0.478 e. The second-order valence-electron chi connectivity index (χ2n) is 3.92. The van der Waals surface area contributed by atoms with Gasteiger partial charge in [0.25, 0.3) is 0 Å². The smallest absolute Gasteiger partial charge is 0.360 e. The Morgan fingerprint density at radius 3 is 2.95 bits per heavy atom. The molecular formula is C13H16N4O3. The fraction of sp³-hybridized carbons (Fsp3) is 0.385. The number of esters is 1. The van der Waals surface area contributed by atoms with Crippen molar-refractivity contribution in [3.05, 3.63) is 35.8 Å². The van der Waals surface area contributed by atoms with Crippen molar-refractivity contribution in [2.45, 2.75) is 20.4 Å². The molecule has 0 fully saturated rings. The standard InChI is InChI=1S/C13H16N4O3/c1-3-19-12-7-10(5-6-14-12)9-17-15-8-11(16-17)13(18)20-4-2/h5-8H,3-4,9H2,1-2H3. The van der Waals surface area contributed by atoms with E-state index in [9.17, 15) is 4.79 Å². The maximum Gasteiger partial charge on any atom is 0.360 e. The maximum absolute atomic E-state index is 11.5. The molecule has 0 saturated heterocycles. The number of carbonyl (C=O) groups excluding carboxylic acids is 1. The molecule has 0 atom stereocenters. The van der Waals surface area contributed by atoms with Crippen molar-refractivity contribution in [2.24, 2.45) is 0 Å². The van der Waals surface area contributed by atoms with E-state index in [4.69, 9.17) is 9.47 Å². The third kappa shape index (κ3) is 3.53. The van der Waals surface area contributed by atoms with Gasteiger partial charge in [-0.15, -0.1) is 5.10 Å². The molecule has 0 aliphatic carbocycles. The zero-order valence-corrected chi connectivity index (χ0v) is 11.4. The summed E-state index contributed by atoms with van der Waals surface area (Å²) >= 11 is 0. The van der Waals surface area contributed by atoms with E-state index in [1.54, 1.807) is 13.1 Å². The number of aromatic nitrogens is 4. The van der Waals surface area contributed by atoms with E-state index >= 15 is 0 Å². The molecule has 0 N–H and O–H groups in total. The van der Waals surface area contributed by atoms with Gasteiger partial charge in [0.1, 0.15) is 0 Å². The zero-order chi connectivity index (χ0) is 14.4. The van der Waals surface area contributed by atoms with E-state index in [1.165, 1.54) is 11.0 Å². The average Bonchev–Trinajstić information content (AvgIpc) is 2.88. The third-order valence-corrected chi connectivity index (χ3v) is 2.44. The van der Waals surface area contributed by atoms with Gasteiger partial charge in [0, 0.05) is 12.3 Å². The molecule has 0 radical (unpaired) electrons. The number of pyridine rings is 1. The van der Waals surface area contributed by atoms with E-state index in [1.807, 2.05) is 19.1 Å². The van der Waals surface area contributed by atoms with E-state index in [0.717, 1.165) is 5.56 Å². The molecule has 2 aromatic rings. The highest BCUT2D eigenvalue weighted by Crippen LogP contribution is 2.10. The van der Waals surface area contributed by atoms with Crippen molar-refractivity contribution < 1.29 is 14.3 Å². The monoisotopic (exact) mass is 276 g/mol. The largest absolute Gasteiger partial charge is 0.478 e. The summed E-state index contributed by atoms with van der Waals surface area (Å²) in [6.45, 7) is 4.95. The molecule has 2 aromatic heterocycles. The molecule has 20 heavy (non-hydrogen) atoms. The van der Waals surface area contributed by atoms with Gasteiger partial charge in [0.2, 0.25) is 5.88 Å². The first-order valence-corrected chi connectivity index (χ1v) is 6.38. The first-order valence-electron chi connectivity index (χ1n) is 6.38. The number of nitrogens with zero attached hydrogens (tertiary/aromatic N) is 4. The maximum atomic E-state index is 11.5. The topological polar surface area (TPSA) is 79.1 Å². The van der Waals surface area contributed by atoms with Gasteiger partial charge in [-0.1, -0.05) is 0 Å². The van der Waals surface area contributed by atoms with Crippen LogP contribution in [-0.4, -0.2) is 39.2 Å². The second kappa shape index (κ2) is 6.65. The van der Waals surface area contributed by atoms with Crippen LogP contribution in [0, 0.1) is 0 Å².